The van der Waals surface area contributed by atoms with Crippen LogP contribution in [0.1, 0.15) is 16.7 Å². The number of rotatable bonds is 1. The zero-order valence-corrected chi connectivity index (χ0v) is 10.6. The van der Waals surface area contributed by atoms with Gasteiger partial charge in [0.1, 0.15) is 0 Å². The number of hydrogen-bond acceptors (Lipinski definition) is 2. The van der Waals surface area contributed by atoms with Crippen LogP contribution in [0.25, 0.3) is 0 Å². The molecule has 19 heavy (non-hydrogen) atoms. The molecule has 108 valence electrons. The van der Waals surface area contributed by atoms with Crippen molar-refractivity contribution >= 4 is 19.7 Å². The minimum atomic E-state index is -5.35. The average molecular weight is 327 g/mol. The van der Waals surface area contributed by atoms with E-state index in [9.17, 15) is 34.8 Å². The Bertz CT molecular complexity index is 602. The molecular formula is C9H5ClF6O2S. The lowest BCUT2D eigenvalue weighted by Crippen LogP contribution is -2.19. The summed E-state index contributed by atoms with van der Waals surface area (Å²) in [6, 6.07) is 0.445. The van der Waals surface area contributed by atoms with Gasteiger partial charge < -0.3 is 0 Å². The summed E-state index contributed by atoms with van der Waals surface area (Å²) in [6.07, 6.45) is -10.6. The summed E-state index contributed by atoms with van der Waals surface area (Å²) in [5, 5.41) is 0. The molecule has 0 fully saturated rings. The van der Waals surface area contributed by atoms with Crippen LogP contribution in [0.2, 0.25) is 0 Å². The van der Waals surface area contributed by atoms with Gasteiger partial charge in [0.25, 0.3) is 9.05 Å². The van der Waals surface area contributed by atoms with E-state index in [0.29, 0.717) is 13.0 Å². The Morgan fingerprint density at radius 1 is 1.00 bits per heavy atom. The van der Waals surface area contributed by atoms with Crippen LogP contribution < -0.4 is 0 Å². The van der Waals surface area contributed by atoms with Crippen molar-refractivity contribution in [1.82, 2.24) is 0 Å². The number of halogens is 7. The Kier molecular flexibility index (Phi) is 3.85. The molecule has 1 aromatic carbocycles. The normalized spacial score (nSPS) is 13.7. The minimum Gasteiger partial charge on any atom is -0.207 e. The van der Waals surface area contributed by atoms with E-state index in [0.717, 1.165) is 0 Å². The molecule has 0 saturated carbocycles. The van der Waals surface area contributed by atoms with E-state index < -0.39 is 43.0 Å². The second-order valence-corrected chi connectivity index (χ2v) is 6.08. The summed E-state index contributed by atoms with van der Waals surface area (Å²) in [6.45, 7) is 0.618. The summed E-state index contributed by atoms with van der Waals surface area (Å²) < 4.78 is 97.5. The van der Waals surface area contributed by atoms with E-state index in [1.807, 2.05) is 0 Å². The first-order chi connectivity index (χ1) is 8.26. The Morgan fingerprint density at radius 3 is 1.79 bits per heavy atom. The highest BCUT2D eigenvalue weighted by Gasteiger charge is 2.45. The van der Waals surface area contributed by atoms with Crippen LogP contribution in [0.5, 0.6) is 0 Å². The van der Waals surface area contributed by atoms with E-state index in [1.54, 1.807) is 0 Å². The largest absolute Gasteiger partial charge is 0.417 e. The zero-order chi connectivity index (χ0) is 15.2. The van der Waals surface area contributed by atoms with Crippen LogP contribution >= 0.6 is 10.7 Å². The van der Waals surface area contributed by atoms with Gasteiger partial charge in [-0.2, -0.15) is 26.3 Å². The Labute approximate surface area is 108 Å². The van der Waals surface area contributed by atoms with Gasteiger partial charge >= 0.3 is 12.4 Å². The predicted molar refractivity (Wildman–Crippen MR) is 54.2 cm³/mol. The molecule has 0 aliphatic heterocycles. The standard InChI is InChI=1S/C9H5ClF6O2S/c1-4-6(19(10,17)18)3-2-5(8(11,12)13)7(4)9(14,15)16/h2-3H,1H3. The molecule has 0 heterocycles. The zero-order valence-electron chi connectivity index (χ0n) is 9.03. The van der Waals surface area contributed by atoms with Gasteiger partial charge in [-0.15, -0.1) is 0 Å². The predicted octanol–water partition coefficient (Wildman–Crippen LogP) is 3.96. The fraction of sp³-hybridized carbons (Fsp3) is 0.333. The maximum absolute atomic E-state index is 12.7. The van der Waals surface area contributed by atoms with Crippen LogP contribution in [-0.4, -0.2) is 8.42 Å². The lowest BCUT2D eigenvalue weighted by molar-refractivity contribution is -0.162. The second-order valence-electron chi connectivity index (χ2n) is 3.54. The summed E-state index contributed by atoms with van der Waals surface area (Å²) in [7, 11) is 0.302. The van der Waals surface area contributed by atoms with Crippen molar-refractivity contribution in [3.63, 3.8) is 0 Å². The minimum absolute atomic E-state index is 0.0467. The first-order valence-corrected chi connectivity index (χ1v) is 6.80. The van der Waals surface area contributed by atoms with Crippen LogP contribution in [-0.2, 0) is 21.4 Å². The van der Waals surface area contributed by atoms with Crippen LogP contribution in [0.15, 0.2) is 17.0 Å². The molecule has 0 bridgehead atoms. The first-order valence-electron chi connectivity index (χ1n) is 4.49. The average Bonchev–Trinajstić information content (AvgIpc) is 2.11. The topological polar surface area (TPSA) is 34.1 Å². The Hall–Kier alpha value is -0.960. The molecule has 0 aromatic heterocycles. The Balaban J connectivity index is 3.81. The molecule has 0 atom stereocenters. The maximum atomic E-state index is 12.7. The number of alkyl halides is 6. The summed E-state index contributed by atoms with van der Waals surface area (Å²) in [4.78, 5) is -1.01. The third-order valence-electron chi connectivity index (χ3n) is 2.27. The highest BCUT2D eigenvalue weighted by Crippen LogP contribution is 2.43. The van der Waals surface area contributed by atoms with Crippen LogP contribution in [0.4, 0.5) is 26.3 Å². The fourth-order valence-corrected chi connectivity index (χ4v) is 2.76. The molecule has 0 aliphatic carbocycles. The molecule has 1 rings (SSSR count). The quantitative estimate of drug-likeness (QED) is 0.578. The van der Waals surface area contributed by atoms with Gasteiger partial charge in [-0.25, -0.2) is 8.42 Å². The fourth-order valence-electron chi connectivity index (χ4n) is 1.56. The van der Waals surface area contributed by atoms with Crippen LogP contribution in [0.3, 0.4) is 0 Å². The smallest absolute Gasteiger partial charge is 0.207 e. The summed E-state index contributed by atoms with van der Waals surface area (Å²) >= 11 is 0. The molecular weight excluding hydrogens is 322 g/mol. The van der Waals surface area contributed by atoms with Crippen molar-refractivity contribution in [2.75, 3.05) is 0 Å². The maximum Gasteiger partial charge on any atom is 0.417 e. The highest BCUT2D eigenvalue weighted by atomic mass is 35.7. The van der Waals surface area contributed by atoms with Crippen molar-refractivity contribution in [3.05, 3.63) is 28.8 Å². The van der Waals surface area contributed by atoms with Crippen molar-refractivity contribution in [1.29, 1.82) is 0 Å². The van der Waals surface area contributed by atoms with Gasteiger partial charge in [0.05, 0.1) is 16.0 Å². The van der Waals surface area contributed by atoms with Crippen molar-refractivity contribution in [3.8, 4) is 0 Å². The van der Waals surface area contributed by atoms with Crippen molar-refractivity contribution < 1.29 is 34.8 Å². The summed E-state index contributed by atoms with van der Waals surface area (Å²) in [5.74, 6) is 0. The number of hydrogen-bond donors (Lipinski definition) is 0. The van der Waals surface area contributed by atoms with E-state index >= 15 is 0 Å². The number of benzene rings is 1. The molecule has 10 heteroatoms. The third-order valence-corrected chi connectivity index (χ3v) is 3.73. The van der Waals surface area contributed by atoms with E-state index in [2.05, 4.69) is 0 Å². The summed E-state index contributed by atoms with van der Waals surface area (Å²) in [5.41, 5.74) is -5.10. The van der Waals surface area contributed by atoms with Crippen LogP contribution in [0, 0.1) is 6.92 Å². The Morgan fingerprint density at radius 2 is 1.47 bits per heavy atom. The molecule has 0 amide bonds. The highest BCUT2D eigenvalue weighted by molar-refractivity contribution is 8.13. The first kappa shape index (κ1) is 16.1. The van der Waals surface area contributed by atoms with Gasteiger partial charge in [0, 0.05) is 10.7 Å². The van der Waals surface area contributed by atoms with Crippen molar-refractivity contribution in [2.45, 2.75) is 24.2 Å². The molecule has 2 nitrogen and oxygen atoms in total. The third kappa shape index (κ3) is 3.33. The molecule has 0 spiro atoms. The lowest BCUT2D eigenvalue weighted by Gasteiger charge is -2.19. The molecule has 0 aliphatic rings. The van der Waals surface area contributed by atoms with E-state index in [4.69, 9.17) is 10.7 Å². The van der Waals surface area contributed by atoms with Gasteiger partial charge in [-0.05, 0) is 24.6 Å². The lowest BCUT2D eigenvalue weighted by atomic mass is 10.0. The van der Waals surface area contributed by atoms with Gasteiger partial charge in [0.2, 0.25) is 0 Å². The van der Waals surface area contributed by atoms with Gasteiger partial charge in [-0.3, -0.25) is 0 Å². The van der Waals surface area contributed by atoms with Gasteiger partial charge in [0.15, 0.2) is 0 Å². The monoisotopic (exact) mass is 326 g/mol. The molecule has 0 saturated heterocycles. The van der Waals surface area contributed by atoms with Crippen molar-refractivity contribution in [2.24, 2.45) is 0 Å². The molecule has 0 N–H and O–H groups in total. The molecule has 0 unspecified atom stereocenters. The SMILES string of the molecule is Cc1c(S(=O)(=O)Cl)ccc(C(F)(F)F)c1C(F)(F)F. The molecule has 1 aromatic rings. The van der Waals surface area contributed by atoms with E-state index in [-0.39, 0.29) is 6.07 Å². The van der Waals surface area contributed by atoms with Gasteiger partial charge in [-0.1, -0.05) is 0 Å². The van der Waals surface area contributed by atoms with E-state index in [1.165, 1.54) is 0 Å². The molecule has 0 radical (unpaired) electrons. The second kappa shape index (κ2) is 4.55.